The van der Waals surface area contributed by atoms with Crippen molar-refractivity contribution in [3.05, 3.63) is 101 Å². The molecule has 0 aromatic heterocycles. The number of primary amides is 1. The third kappa shape index (κ3) is 4.00. The molecule has 2 heterocycles. The quantitative estimate of drug-likeness (QED) is 0.287. The molecule has 3 fully saturated rings. The topological polar surface area (TPSA) is 159 Å². The van der Waals surface area contributed by atoms with Crippen molar-refractivity contribution >= 4 is 35.3 Å². The summed E-state index contributed by atoms with van der Waals surface area (Å²) in [4.78, 5) is 69.3. The minimum Gasteiger partial charge on any atom is -0.508 e. The van der Waals surface area contributed by atoms with Crippen LogP contribution in [0.3, 0.4) is 0 Å². The lowest BCUT2D eigenvalue weighted by Gasteiger charge is -2.50. The number of hydrogen-bond donors (Lipinski definition) is 3. The first kappa shape index (κ1) is 29.3. The number of phenols is 1. The molecule has 6 atom stereocenters. The van der Waals surface area contributed by atoms with Crippen molar-refractivity contribution in [1.82, 2.24) is 9.91 Å². The van der Waals surface area contributed by atoms with Crippen LogP contribution in [0.25, 0.3) is 0 Å². The number of hydrogen-bond acceptors (Lipinski definition) is 8. The van der Waals surface area contributed by atoms with E-state index in [1.54, 1.807) is 48.5 Å². The number of allylic oxidation sites excluding steroid dienone is 2. The van der Waals surface area contributed by atoms with Crippen molar-refractivity contribution in [2.45, 2.75) is 31.1 Å². The molecule has 2 aliphatic carbocycles. The molecular formula is C35H32N4O7. The zero-order chi connectivity index (χ0) is 32.5. The highest BCUT2D eigenvalue weighted by atomic mass is 16.5. The number of benzene rings is 3. The lowest BCUT2D eigenvalue weighted by atomic mass is 9.49. The van der Waals surface area contributed by atoms with Crippen LogP contribution in [0.5, 0.6) is 11.5 Å². The van der Waals surface area contributed by atoms with Crippen LogP contribution in [-0.4, -0.2) is 51.8 Å². The van der Waals surface area contributed by atoms with Crippen molar-refractivity contribution in [1.29, 1.82) is 0 Å². The Morgan fingerprint density at radius 2 is 1.67 bits per heavy atom. The van der Waals surface area contributed by atoms with Crippen LogP contribution in [0.4, 0.5) is 10.5 Å². The number of nitrogens with zero attached hydrogens (tertiary/aromatic N) is 2. The maximum atomic E-state index is 15.1. The summed E-state index contributed by atoms with van der Waals surface area (Å²) in [7, 11) is 1.48. The number of urea groups is 1. The Morgan fingerprint density at radius 1 is 0.957 bits per heavy atom. The highest BCUT2D eigenvalue weighted by Crippen LogP contribution is 2.65. The van der Waals surface area contributed by atoms with Gasteiger partial charge in [-0.15, -0.1) is 0 Å². The molecular weight excluding hydrogens is 588 g/mol. The summed E-state index contributed by atoms with van der Waals surface area (Å²) in [5.74, 6) is -6.58. The molecule has 3 aromatic carbocycles. The van der Waals surface area contributed by atoms with Crippen LogP contribution < -0.4 is 15.9 Å². The molecule has 0 radical (unpaired) electrons. The first-order valence-corrected chi connectivity index (χ1v) is 15.1. The Hall–Kier alpha value is -5.45. The lowest BCUT2D eigenvalue weighted by molar-refractivity contribution is -0.139. The number of fused-ring (bicyclic) bond motifs is 4. The third-order valence-electron chi connectivity index (χ3n) is 10.2. The fraction of sp³-hybridized carbons (Fsp3) is 0.286. The average Bonchev–Trinajstić information content (AvgIpc) is 3.44. The van der Waals surface area contributed by atoms with Crippen LogP contribution in [0, 0.1) is 30.6 Å². The van der Waals surface area contributed by atoms with Gasteiger partial charge in [-0.2, -0.15) is 9.91 Å². The monoisotopic (exact) mass is 620 g/mol. The van der Waals surface area contributed by atoms with Gasteiger partial charge >= 0.3 is 6.03 Å². The van der Waals surface area contributed by atoms with Crippen LogP contribution in [0.15, 0.2) is 84.4 Å². The molecule has 11 heteroatoms. The number of carbonyl (C=O) groups excluding carboxylic acids is 5. The Balaban J connectivity index is 1.48. The molecule has 234 valence electrons. The minimum absolute atomic E-state index is 0.0470. The molecule has 1 saturated carbocycles. The second kappa shape index (κ2) is 10.6. The van der Waals surface area contributed by atoms with Crippen LogP contribution >= 0.6 is 0 Å². The second-order valence-electron chi connectivity index (χ2n) is 12.4. The van der Waals surface area contributed by atoms with E-state index in [1.807, 2.05) is 31.2 Å². The highest BCUT2D eigenvalue weighted by Gasteiger charge is 2.70. The van der Waals surface area contributed by atoms with E-state index in [1.165, 1.54) is 13.2 Å². The Bertz CT molecular complexity index is 1840. The first-order valence-electron chi connectivity index (χ1n) is 15.1. The molecule has 4 aliphatic rings. The van der Waals surface area contributed by atoms with Gasteiger partial charge in [-0.3, -0.25) is 24.6 Å². The van der Waals surface area contributed by atoms with Crippen molar-refractivity contribution in [3.63, 3.8) is 0 Å². The van der Waals surface area contributed by atoms with Crippen molar-refractivity contribution in [2.24, 2.45) is 29.4 Å². The number of aromatic hydroxyl groups is 1. The van der Waals surface area contributed by atoms with Crippen LogP contribution in [0.1, 0.15) is 35.4 Å². The third-order valence-corrected chi connectivity index (χ3v) is 10.2. The van der Waals surface area contributed by atoms with E-state index in [0.29, 0.717) is 33.0 Å². The van der Waals surface area contributed by atoms with Crippen molar-refractivity contribution < 1.29 is 33.8 Å². The molecule has 2 saturated heterocycles. The number of nitrogens with two attached hydrogens (primary N) is 1. The second-order valence-corrected chi connectivity index (χ2v) is 12.4. The van der Waals surface area contributed by atoms with Gasteiger partial charge in [0.2, 0.25) is 11.8 Å². The number of hydrazine groups is 1. The smallest absolute Gasteiger partial charge is 0.328 e. The Labute approximate surface area is 264 Å². The van der Waals surface area contributed by atoms with Gasteiger partial charge in [0.25, 0.3) is 11.8 Å². The number of aryl methyl sites for hydroxylation is 1. The number of imide groups is 4. The predicted octanol–water partition coefficient (Wildman–Crippen LogP) is 3.77. The van der Waals surface area contributed by atoms with Crippen molar-refractivity contribution in [2.75, 3.05) is 12.5 Å². The molecule has 7 rings (SSSR count). The molecule has 11 nitrogen and oxygen atoms in total. The maximum absolute atomic E-state index is 15.1. The molecule has 0 unspecified atom stereocenters. The summed E-state index contributed by atoms with van der Waals surface area (Å²) in [5, 5.41) is 12.5. The van der Waals surface area contributed by atoms with Gasteiger partial charge in [-0.1, -0.05) is 59.7 Å². The number of amides is 6. The molecule has 3 aromatic rings. The van der Waals surface area contributed by atoms with E-state index >= 15 is 4.79 Å². The van der Waals surface area contributed by atoms with E-state index in [-0.39, 0.29) is 18.6 Å². The van der Waals surface area contributed by atoms with Crippen LogP contribution in [0.2, 0.25) is 0 Å². The van der Waals surface area contributed by atoms with E-state index in [4.69, 9.17) is 10.5 Å². The maximum Gasteiger partial charge on any atom is 0.328 e. The fourth-order valence-corrected chi connectivity index (χ4v) is 8.20. The van der Waals surface area contributed by atoms with Gasteiger partial charge in [0.1, 0.15) is 11.5 Å². The summed E-state index contributed by atoms with van der Waals surface area (Å²) in [6.45, 7) is 1.93. The average molecular weight is 621 g/mol. The summed E-state index contributed by atoms with van der Waals surface area (Å²) in [6.07, 6.45) is 2.00. The predicted molar refractivity (Wildman–Crippen MR) is 165 cm³/mol. The zero-order valence-corrected chi connectivity index (χ0v) is 25.2. The summed E-state index contributed by atoms with van der Waals surface area (Å²) >= 11 is 0. The Kier molecular flexibility index (Phi) is 6.73. The van der Waals surface area contributed by atoms with Gasteiger partial charge in [0.05, 0.1) is 36.0 Å². The van der Waals surface area contributed by atoms with Gasteiger partial charge in [-0.25, -0.2) is 4.79 Å². The number of carbonyl (C=O) groups is 5. The SMILES string of the molecule is COc1ccc(O)c([C@H]2C3=CC[C@@H]4C(=O)N(C(N)=O)C(=O)[C@@H]4[C@@H]3C[C@H]3C(=O)N(Nc4ccc(C)cc4)C(=O)[C@@]23c2ccccc2)c1. The highest BCUT2D eigenvalue weighted by molar-refractivity contribution is 6.17. The van der Waals surface area contributed by atoms with Gasteiger partial charge < -0.3 is 15.6 Å². The van der Waals surface area contributed by atoms with Crippen molar-refractivity contribution in [3.8, 4) is 11.5 Å². The first-order chi connectivity index (χ1) is 22.1. The van der Waals surface area contributed by atoms with Gasteiger partial charge in [0.15, 0.2) is 0 Å². The van der Waals surface area contributed by atoms with E-state index in [2.05, 4.69) is 5.43 Å². The summed E-state index contributed by atoms with van der Waals surface area (Å²) < 4.78 is 5.52. The molecule has 0 spiro atoms. The molecule has 6 amide bonds. The van der Waals surface area contributed by atoms with Gasteiger partial charge in [0, 0.05) is 11.5 Å². The largest absolute Gasteiger partial charge is 0.508 e. The molecule has 2 aliphatic heterocycles. The van der Waals surface area contributed by atoms with E-state index < -0.39 is 64.7 Å². The number of likely N-dealkylation sites (tertiary alicyclic amines) is 1. The summed E-state index contributed by atoms with van der Waals surface area (Å²) in [6, 6.07) is 19.8. The standard InChI is InChI=1S/C35H32N4O7/c1-18-8-10-20(11-9-18)37-39-31(42)26-17-24-22(13-14-23-28(24)32(43)38(30(23)41)34(36)45)29(25-16-21(46-2)12-15-27(25)40)35(26,33(39)44)19-6-4-3-5-7-19/h3-13,15-16,23-24,26,28-29,37,40H,14,17H2,1-2H3,(H2,36,45)/t23-,24+,26-,28-,29+,35+/m0/s1. The number of rotatable bonds is 5. The van der Waals surface area contributed by atoms with E-state index in [9.17, 15) is 24.3 Å². The number of methoxy groups -OCH3 is 1. The minimum atomic E-state index is -1.55. The Morgan fingerprint density at radius 3 is 2.35 bits per heavy atom. The van der Waals surface area contributed by atoms with Crippen LogP contribution in [-0.2, 0) is 24.6 Å². The molecule has 46 heavy (non-hydrogen) atoms. The number of anilines is 1. The van der Waals surface area contributed by atoms with E-state index in [0.717, 1.165) is 10.6 Å². The zero-order valence-electron chi connectivity index (χ0n) is 25.2. The fourth-order valence-electron chi connectivity index (χ4n) is 8.20. The number of ether oxygens (including phenoxy) is 1. The number of phenolic OH excluding ortho intramolecular Hbond substituents is 1. The van der Waals surface area contributed by atoms with Gasteiger partial charge in [-0.05, 0) is 61.6 Å². The molecule has 0 bridgehead atoms. The number of nitrogens with one attached hydrogen (secondary N) is 1. The summed E-state index contributed by atoms with van der Waals surface area (Å²) in [5.41, 5.74) is 10.0. The molecule has 4 N–H and O–H groups in total. The lowest BCUT2D eigenvalue weighted by Crippen LogP contribution is -2.53. The normalized spacial score (nSPS) is 28.4.